The van der Waals surface area contributed by atoms with Crippen molar-refractivity contribution in [2.24, 2.45) is 0 Å². The van der Waals surface area contributed by atoms with E-state index in [1.165, 1.54) is 6.07 Å². The van der Waals surface area contributed by atoms with Gasteiger partial charge in [-0.1, -0.05) is 17.7 Å². The van der Waals surface area contributed by atoms with Crippen molar-refractivity contribution < 1.29 is 10.2 Å². The molecule has 19 heavy (non-hydrogen) atoms. The smallest absolute Gasteiger partial charge is 0.141 e. The lowest BCUT2D eigenvalue weighted by Crippen LogP contribution is -2.21. The molecule has 0 aliphatic heterocycles. The van der Waals surface area contributed by atoms with Crippen LogP contribution >= 0.6 is 11.6 Å². The lowest BCUT2D eigenvalue weighted by molar-refractivity contribution is 0.0663. The van der Waals surface area contributed by atoms with Crippen LogP contribution in [0.5, 0.6) is 5.75 Å². The van der Waals surface area contributed by atoms with E-state index >= 15 is 0 Å². The molecule has 1 aromatic heterocycles. The van der Waals surface area contributed by atoms with Crippen LogP contribution in [0.4, 0.5) is 0 Å². The number of imidazole rings is 1. The average molecular weight is 281 g/mol. The van der Waals surface area contributed by atoms with Gasteiger partial charge in [0.05, 0.1) is 10.6 Å². The molecule has 0 spiro atoms. The SMILES string of the molecule is CC(C)(O)CCn1ccnc1-c1cccc(O)c1Cl. The van der Waals surface area contributed by atoms with Crippen LogP contribution in [-0.2, 0) is 6.54 Å². The number of halogens is 1. The largest absolute Gasteiger partial charge is 0.506 e. The Kier molecular flexibility index (Phi) is 3.83. The molecule has 1 aromatic carbocycles. The van der Waals surface area contributed by atoms with Gasteiger partial charge in [0, 0.05) is 24.5 Å². The lowest BCUT2D eigenvalue weighted by Gasteiger charge is -2.18. The minimum Gasteiger partial charge on any atom is -0.506 e. The summed E-state index contributed by atoms with van der Waals surface area (Å²) in [6.45, 7) is 4.17. The third kappa shape index (κ3) is 3.28. The zero-order valence-corrected chi connectivity index (χ0v) is 11.7. The van der Waals surface area contributed by atoms with Crippen molar-refractivity contribution in [3.8, 4) is 17.1 Å². The van der Waals surface area contributed by atoms with Gasteiger partial charge < -0.3 is 14.8 Å². The summed E-state index contributed by atoms with van der Waals surface area (Å²) in [5.74, 6) is 0.723. The highest BCUT2D eigenvalue weighted by Crippen LogP contribution is 2.33. The molecular formula is C14H17ClN2O2. The summed E-state index contributed by atoms with van der Waals surface area (Å²) in [5.41, 5.74) is -0.0492. The maximum absolute atomic E-state index is 9.78. The normalized spacial score (nSPS) is 11.8. The van der Waals surface area contributed by atoms with Crippen LogP contribution in [0.2, 0.25) is 5.02 Å². The molecule has 0 radical (unpaired) electrons. The van der Waals surface area contributed by atoms with Gasteiger partial charge in [0.25, 0.3) is 0 Å². The second-order valence-electron chi connectivity index (χ2n) is 5.15. The maximum Gasteiger partial charge on any atom is 0.141 e. The molecule has 0 fully saturated rings. The number of aromatic hydroxyl groups is 1. The third-order valence-electron chi connectivity index (χ3n) is 2.90. The first-order valence-electron chi connectivity index (χ1n) is 6.10. The fraction of sp³-hybridized carbons (Fsp3) is 0.357. The summed E-state index contributed by atoms with van der Waals surface area (Å²) < 4.78 is 1.92. The van der Waals surface area contributed by atoms with Crippen molar-refractivity contribution in [3.63, 3.8) is 0 Å². The topological polar surface area (TPSA) is 58.3 Å². The average Bonchev–Trinajstić information content (AvgIpc) is 2.77. The van der Waals surface area contributed by atoms with Gasteiger partial charge in [-0.25, -0.2) is 4.98 Å². The van der Waals surface area contributed by atoms with Gasteiger partial charge in [-0.3, -0.25) is 0 Å². The summed E-state index contributed by atoms with van der Waals surface area (Å²) in [7, 11) is 0. The Hall–Kier alpha value is -1.52. The second kappa shape index (κ2) is 5.23. The second-order valence-corrected chi connectivity index (χ2v) is 5.52. The number of aromatic nitrogens is 2. The van der Waals surface area contributed by atoms with Crippen LogP contribution in [0.3, 0.4) is 0 Å². The monoisotopic (exact) mass is 280 g/mol. The van der Waals surface area contributed by atoms with Crippen molar-refractivity contribution in [2.45, 2.75) is 32.4 Å². The maximum atomic E-state index is 9.78. The Balaban J connectivity index is 2.31. The van der Waals surface area contributed by atoms with E-state index in [1.54, 1.807) is 26.1 Å². The fourth-order valence-corrected chi connectivity index (χ4v) is 2.03. The van der Waals surface area contributed by atoms with Crippen molar-refractivity contribution in [1.82, 2.24) is 9.55 Å². The van der Waals surface area contributed by atoms with Crippen LogP contribution in [0, 0.1) is 0 Å². The molecular weight excluding hydrogens is 264 g/mol. The summed E-state index contributed by atoms with van der Waals surface area (Å²) in [4.78, 5) is 4.27. The molecule has 4 nitrogen and oxygen atoms in total. The molecule has 0 aliphatic carbocycles. The molecule has 5 heteroatoms. The van der Waals surface area contributed by atoms with Crippen LogP contribution in [0.1, 0.15) is 20.3 Å². The first kappa shape index (κ1) is 13.9. The first-order chi connectivity index (χ1) is 8.88. The van der Waals surface area contributed by atoms with Gasteiger partial charge >= 0.3 is 0 Å². The van der Waals surface area contributed by atoms with Crippen molar-refractivity contribution in [1.29, 1.82) is 0 Å². The standard InChI is InChI=1S/C14H17ClN2O2/c1-14(2,19)6-8-17-9-7-16-13(17)10-4-3-5-11(18)12(10)15/h3-5,7,9,18-19H,6,8H2,1-2H3. The van der Waals surface area contributed by atoms with E-state index in [9.17, 15) is 10.2 Å². The summed E-state index contributed by atoms with van der Waals surface area (Å²) in [5, 5.41) is 19.7. The van der Waals surface area contributed by atoms with E-state index in [-0.39, 0.29) is 5.75 Å². The molecule has 0 atom stereocenters. The Labute approximate surface area is 117 Å². The summed E-state index contributed by atoms with van der Waals surface area (Å²) in [6, 6.07) is 5.08. The molecule has 0 saturated heterocycles. The highest BCUT2D eigenvalue weighted by molar-refractivity contribution is 6.34. The molecule has 0 aliphatic rings. The number of aliphatic hydroxyl groups is 1. The minimum atomic E-state index is -0.732. The van der Waals surface area contributed by atoms with E-state index in [1.807, 2.05) is 16.8 Å². The number of hydrogen-bond donors (Lipinski definition) is 2. The van der Waals surface area contributed by atoms with E-state index in [2.05, 4.69) is 4.98 Å². The van der Waals surface area contributed by atoms with Crippen LogP contribution in [0.25, 0.3) is 11.4 Å². The van der Waals surface area contributed by atoms with Crippen molar-refractivity contribution in [3.05, 3.63) is 35.6 Å². The first-order valence-corrected chi connectivity index (χ1v) is 6.47. The van der Waals surface area contributed by atoms with Crippen molar-refractivity contribution >= 4 is 11.6 Å². The minimum absolute atomic E-state index is 0.0382. The predicted octanol–water partition coefficient (Wildman–Crippen LogP) is 3.07. The van der Waals surface area contributed by atoms with Gasteiger partial charge in [0.15, 0.2) is 0 Å². The van der Waals surface area contributed by atoms with Crippen LogP contribution in [0.15, 0.2) is 30.6 Å². The Morgan fingerprint density at radius 1 is 1.37 bits per heavy atom. The Bertz CT molecular complexity index is 573. The number of phenols is 1. The van der Waals surface area contributed by atoms with E-state index in [0.717, 1.165) is 0 Å². The molecule has 0 amide bonds. The molecule has 0 bridgehead atoms. The van der Waals surface area contributed by atoms with E-state index in [0.29, 0.717) is 29.4 Å². The number of phenolic OH excluding ortho intramolecular Hbond substituents is 1. The zero-order chi connectivity index (χ0) is 14.0. The van der Waals surface area contributed by atoms with Gasteiger partial charge in [-0.15, -0.1) is 0 Å². The predicted molar refractivity (Wildman–Crippen MR) is 75.3 cm³/mol. The summed E-state index contributed by atoms with van der Waals surface area (Å²) in [6.07, 6.45) is 4.12. The van der Waals surface area contributed by atoms with E-state index in [4.69, 9.17) is 11.6 Å². The molecule has 102 valence electrons. The summed E-state index contributed by atoms with van der Waals surface area (Å²) >= 11 is 6.09. The Morgan fingerprint density at radius 3 is 2.79 bits per heavy atom. The molecule has 2 N–H and O–H groups in total. The molecule has 2 aromatic rings. The molecule has 1 heterocycles. The van der Waals surface area contributed by atoms with Gasteiger partial charge in [0.1, 0.15) is 11.6 Å². The van der Waals surface area contributed by atoms with Crippen LogP contribution in [-0.4, -0.2) is 25.4 Å². The number of rotatable bonds is 4. The highest BCUT2D eigenvalue weighted by atomic mass is 35.5. The number of hydrogen-bond acceptors (Lipinski definition) is 3. The molecule has 0 unspecified atom stereocenters. The van der Waals surface area contributed by atoms with Crippen LogP contribution < -0.4 is 0 Å². The zero-order valence-electron chi connectivity index (χ0n) is 11.0. The third-order valence-corrected chi connectivity index (χ3v) is 3.30. The highest BCUT2D eigenvalue weighted by Gasteiger charge is 2.16. The van der Waals surface area contributed by atoms with E-state index < -0.39 is 5.60 Å². The number of nitrogens with zero attached hydrogens (tertiary/aromatic N) is 2. The lowest BCUT2D eigenvalue weighted by atomic mass is 10.1. The fourth-order valence-electron chi connectivity index (χ4n) is 1.82. The van der Waals surface area contributed by atoms with Gasteiger partial charge in [0.2, 0.25) is 0 Å². The number of benzene rings is 1. The number of aryl methyl sites for hydroxylation is 1. The molecule has 2 rings (SSSR count). The molecule has 0 saturated carbocycles. The Morgan fingerprint density at radius 2 is 2.11 bits per heavy atom. The quantitative estimate of drug-likeness (QED) is 0.905. The van der Waals surface area contributed by atoms with Gasteiger partial charge in [-0.05, 0) is 32.4 Å². The van der Waals surface area contributed by atoms with Crippen molar-refractivity contribution in [2.75, 3.05) is 0 Å². The van der Waals surface area contributed by atoms with Gasteiger partial charge in [-0.2, -0.15) is 0 Å².